The summed E-state index contributed by atoms with van der Waals surface area (Å²) in [6.07, 6.45) is 3.99. The topological polar surface area (TPSA) is 55.1 Å². The highest BCUT2D eigenvalue weighted by molar-refractivity contribution is 5.49. The van der Waals surface area contributed by atoms with Crippen LogP contribution in [0.2, 0.25) is 0 Å². The third-order valence-electron chi connectivity index (χ3n) is 2.16. The van der Waals surface area contributed by atoms with Crippen LogP contribution in [0.1, 0.15) is 32.3 Å². The van der Waals surface area contributed by atoms with Crippen molar-refractivity contribution >= 4 is 0 Å². The summed E-state index contributed by atoms with van der Waals surface area (Å²) in [6.45, 7) is 3.80. The molecule has 0 aromatic carbocycles. The number of aromatic nitrogens is 1. The molecule has 0 unspecified atom stereocenters. The van der Waals surface area contributed by atoms with Crippen LogP contribution in [0.15, 0.2) is 12.3 Å². The third kappa shape index (κ3) is 2.43. The second kappa shape index (κ2) is 4.40. The van der Waals surface area contributed by atoms with Crippen LogP contribution in [-0.2, 0) is 0 Å². The van der Waals surface area contributed by atoms with Gasteiger partial charge in [0.15, 0.2) is 5.56 Å². The molecule has 0 N–H and O–H groups in total. The molecule has 0 amide bonds. The summed E-state index contributed by atoms with van der Waals surface area (Å²) in [4.78, 5) is 4.05. The van der Waals surface area contributed by atoms with Gasteiger partial charge in [0.25, 0.3) is 0 Å². The zero-order valence-corrected chi connectivity index (χ0v) is 9.43. The Morgan fingerprint density at radius 1 is 1.50 bits per heavy atom. The molecule has 4 heteroatoms. The van der Waals surface area contributed by atoms with E-state index in [4.69, 9.17) is 14.7 Å². The average Bonchev–Trinajstić information content (AvgIpc) is 3.01. The lowest BCUT2D eigenvalue weighted by atomic mass is 10.2. The van der Waals surface area contributed by atoms with Gasteiger partial charge in [-0.25, -0.2) is 4.98 Å². The Morgan fingerprint density at radius 3 is 2.81 bits per heavy atom. The lowest BCUT2D eigenvalue weighted by molar-refractivity contribution is 0.228. The Morgan fingerprint density at radius 2 is 2.25 bits per heavy atom. The van der Waals surface area contributed by atoms with Gasteiger partial charge in [0.1, 0.15) is 11.8 Å². The Bertz CT molecular complexity index is 397. The standard InChI is InChI=1S/C12H14N2O2/c1-8(2)15-12-10(7-13)11(5-6-14-12)16-9-3-4-9/h5-6,8-9H,3-4H2,1-2H3. The fourth-order valence-corrected chi connectivity index (χ4v) is 1.31. The van der Waals surface area contributed by atoms with E-state index < -0.39 is 0 Å². The molecule has 16 heavy (non-hydrogen) atoms. The van der Waals surface area contributed by atoms with Crippen LogP contribution in [0.4, 0.5) is 0 Å². The molecule has 0 spiro atoms. The number of hydrogen-bond donors (Lipinski definition) is 0. The summed E-state index contributed by atoms with van der Waals surface area (Å²) >= 11 is 0. The first-order chi connectivity index (χ1) is 7.70. The fraction of sp³-hybridized carbons (Fsp3) is 0.500. The van der Waals surface area contributed by atoms with Crippen LogP contribution in [0.5, 0.6) is 11.6 Å². The Hall–Kier alpha value is -1.76. The largest absolute Gasteiger partial charge is 0.489 e. The maximum Gasteiger partial charge on any atom is 0.235 e. The first kappa shape index (κ1) is 10.7. The Balaban J connectivity index is 2.26. The number of pyridine rings is 1. The van der Waals surface area contributed by atoms with Gasteiger partial charge in [-0.1, -0.05) is 0 Å². The van der Waals surface area contributed by atoms with E-state index in [-0.39, 0.29) is 12.2 Å². The number of nitriles is 1. The van der Waals surface area contributed by atoms with Crippen molar-refractivity contribution in [2.45, 2.75) is 38.9 Å². The number of hydrogen-bond acceptors (Lipinski definition) is 4. The highest BCUT2D eigenvalue weighted by Gasteiger charge is 2.25. The summed E-state index contributed by atoms with van der Waals surface area (Å²) in [6, 6.07) is 3.80. The minimum absolute atomic E-state index is 0.00391. The molecule has 0 bridgehead atoms. The molecule has 1 aliphatic rings. The predicted octanol–water partition coefficient (Wildman–Crippen LogP) is 2.28. The van der Waals surface area contributed by atoms with Crippen molar-refractivity contribution in [1.29, 1.82) is 5.26 Å². The van der Waals surface area contributed by atoms with Crippen LogP contribution >= 0.6 is 0 Å². The molecule has 0 saturated heterocycles. The SMILES string of the molecule is CC(C)Oc1nccc(OC2CC2)c1C#N. The molecule has 0 radical (unpaired) electrons. The first-order valence-corrected chi connectivity index (χ1v) is 5.43. The number of ether oxygens (including phenoxy) is 2. The normalized spacial score (nSPS) is 14.6. The molecule has 2 rings (SSSR count). The molecular weight excluding hydrogens is 204 g/mol. The quantitative estimate of drug-likeness (QED) is 0.778. The van der Waals surface area contributed by atoms with Crippen molar-refractivity contribution < 1.29 is 9.47 Å². The predicted molar refractivity (Wildman–Crippen MR) is 58.4 cm³/mol. The van der Waals surface area contributed by atoms with Crippen molar-refractivity contribution in [2.24, 2.45) is 0 Å². The summed E-state index contributed by atoms with van der Waals surface area (Å²) in [5.74, 6) is 0.936. The van der Waals surface area contributed by atoms with Gasteiger partial charge in [-0.2, -0.15) is 5.26 Å². The highest BCUT2D eigenvalue weighted by atomic mass is 16.5. The van der Waals surface area contributed by atoms with Crippen molar-refractivity contribution in [3.63, 3.8) is 0 Å². The highest BCUT2D eigenvalue weighted by Crippen LogP contribution is 2.32. The van der Waals surface area contributed by atoms with Crippen LogP contribution in [0.25, 0.3) is 0 Å². The maximum atomic E-state index is 9.10. The summed E-state index contributed by atoms with van der Waals surface area (Å²) in [7, 11) is 0. The van der Waals surface area contributed by atoms with Crippen LogP contribution in [0.3, 0.4) is 0 Å². The molecule has 1 saturated carbocycles. The van der Waals surface area contributed by atoms with E-state index in [9.17, 15) is 0 Å². The van der Waals surface area contributed by atoms with Crippen LogP contribution < -0.4 is 9.47 Å². The van der Waals surface area contributed by atoms with Crippen LogP contribution in [-0.4, -0.2) is 17.2 Å². The molecule has 1 heterocycles. The van der Waals surface area contributed by atoms with Gasteiger partial charge in [0, 0.05) is 12.3 Å². The van der Waals surface area contributed by atoms with Gasteiger partial charge in [-0.15, -0.1) is 0 Å². The van der Waals surface area contributed by atoms with E-state index in [1.807, 2.05) is 13.8 Å². The minimum Gasteiger partial charge on any atom is -0.489 e. The van der Waals surface area contributed by atoms with Gasteiger partial charge < -0.3 is 9.47 Å². The second-order valence-corrected chi connectivity index (χ2v) is 4.08. The van der Waals surface area contributed by atoms with Crippen molar-refractivity contribution in [1.82, 2.24) is 4.98 Å². The zero-order valence-electron chi connectivity index (χ0n) is 9.43. The van der Waals surface area contributed by atoms with E-state index in [1.54, 1.807) is 12.3 Å². The molecule has 84 valence electrons. The minimum atomic E-state index is -0.00391. The molecule has 0 atom stereocenters. The molecule has 1 fully saturated rings. The van der Waals surface area contributed by atoms with Crippen LogP contribution in [0, 0.1) is 11.3 Å². The van der Waals surface area contributed by atoms with Gasteiger partial charge in [-0.05, 0) is 26.7 Å². The van der Waals surface area contributed by atoms with Gasteiger partial charge in [0.05, 0.1) is 12.2 Å². The maximum absolute atomic E-state index is 9.10. The van der Waals surface area contributed by atoms with Gasteiger partial charge in [0.2, 0.25) is 5.88 Å². The number of rotatable bonds is 4. The lowest BCUT2D eigenvalue weighted by Gasteiger charge is -2.12. The van der Waals surface area contributed by atoms with E-state index in [0.29, 0.717) is 17.2 Å². The molecule has 0 aliphatic heterocycles. The summed E-state index contributed by atoms with van der Waals surface area (Å²) in [5.41, 5.74) is 0.392. The molecule has 1 aliphatic carbocycles. The Kier molecular flexibility index (Phi) is 2.95. The van der Waals surface area contributed by atoms with Gasteiger partial charge in [-0.3, -0.25) is 0 Å². The summed E-state index contributed by atoms with van der Waals surface area (Å²) in [5, 5.41) is 9.10. The van der Waals surface area contributed by atoms with Crippen molar-refractivity contribution in [3.8, 4) is 17.7 Å². The fourth-order valence-electron chi connectivity index (χ4n) is 1.31. The lowest BCUT2D eigenvalue weighted by Crippen LogP contribution is -2.09. The molecule has 1 aromatic heterocycles. The van der Waals surface area contributed by atoms with E-state index in [0.717, 1.165) is 12.8 Å². The van der Waals surface area contributed by atoms with Gasteiger partial charge >= 0.3 is 0 Å². The third-order valence-corrected chi connectivity index (χ3v) is 2.16. The smallest absolute Gasteiger partial charge is 0.235 e. The van der Waals surface area contributed by atoms with Crippen molar-refractivity contribution in [2.75, 3.05) is 0 Å². The van der Waals surface area contributed by atoms with E-state index in [1.165, 1.54) is 0 Å². The van der Waals surface area contributed by atoms with E-state index in [2.05, 4.69) is 11.1 Å². The monoisotopic (exact) mass is 218 g/mol. The molecular formula is C12H14N2O2. The average molecular weight is 218 g/mol. The number of nitrogens with zero attached hydrogens (tertiary/aromatic N) is 2. The van der Waals surface area contributed by atoms with E-state index >= 15 is 0 Å². The Labute approximate surface area is 94.8 Å². The van der Waals surface area contributed by atoms with Crippen molar-refractivity contribution in [3.05, 3.63) is 17.8 Å². The molecule has 4 nitrogen and oxygen atoms in total. The molecule has 1 aromatic rings. The summed E-state index contributed by atoms with van der Waals surface area (Å²) < 4.78 is 11.1. The first-order valence-electron chi connectivity index (χ1n) is 5.43. The zero-order chi connectivity index (χ0) is 11.5. The second-order valence-electron chi connectivity index (χ2n) is 4.08.